The summed E-state index contributed by atoms with van der Waals surface area (Å²) in [6.07, 6.45) is 2.49. The quantitative estimate of drug-likeness (QED) is 0.826. The fraction of sp³-hybridized carbons (Fsp3) is 0.538. The van der Waals surface area contributed by atoms with Gasteiger partial charge in [-0.3, -0.25) is 9.78 Å². The average Bonchev–Trinajstić information content (AvgIpc) is 2.29. The second kappa shape index (κ2) is 6.01. The van der Waals surface area contributed by atoms with E-state index in [-0.39, 0.29) is 11.9 Å². The molecule has 0 N–H and O–H groups in total. The fourth-order valence-corrected chi connectivity index (χ4v) is 2.00. The first-order chi connectivity index (χ1) is 8.01. The van der Waals surface area contributed by atoms with Crippen LogP contribution in [0.4, 0.5) is 0 Å². The van der Waals surface area contributed by atoms with Crippen LogP contribution in [-0.4, -0.2) is 28.4 Å². The molecule has 0 spiro atoms. The third-order valence-electron chi connectivity index (χ3n) is 2.95. The number of halogens is 1. The van der Waals surface area contributed by atoms with Gasteiger partial charge >= 0.3 is 0 Å². The Labute approximate surface area is 108 Å². The minimum atomic E-state index is -0.0423. The van der Waals surface area contributed by atoms with Crippen LogP contribution >= 0.6 is 11.6 Å². The third kappa shape index (κ3) is 3.19. The second-order valence-corrected chi connectivity index (χ2v) is 4.56. The van der Waals surface area contributed by atoms with E-state index in [2.05, 4.69) is 11.9 Å². The van der Waals surface area contributed by atoms with E-state index in [1.807, 2.05) is 25.7 Å². The smallest absolute Gasteiger partial charge is 0.257 e. The van der Waals surface area contributed by atoms with Gasteiger partial charge in [0.2, 0.25) is 0 Å². The molecule has 0 saturated carbocycles. The molecule has 1 atom stereocenters. The van der Waals surface area contributed by atoms with Crippen molar-refractivity contribution in [1.82, 2.24) is 9.88 Å². The molecule has 4 heteroatoms. The van der Waals surface area contributed by atoms with Crippen LogP contribution in [0.1, 0.15) is 43.2 Å². The van der Waals surface area contributed by atoms with E-state index < -0.39 is 0 Å². The molecule has 1 aromatic rings. The van der Waals surface area contributed by atoms with Crippen LogP contribution in [0.2, 0.25) is 5.02 Å². The van der Waals surface area contributed by atoms with Crippen LogP contribution in [0, 0.1) is 6.92 Å². The van der Waals surface area contributed by atoms with Gasteiger partial charge in [0.1, 0.15) is 0 Å². The van der Waals surface area contributed by atoms with Gasteiger partial charge in [0.25, 0.3) is 5.91 Å². The maximum Gasteiger partial charge on any atom is 0.257 e. The maximum absolute atomic E-state index is 12.3. The van der Waals surface area contributed by atoms with Crippen molar-refractivity contribution in [3.63, 3.8) is 0 Å². The summed E-state index contributed by atoms with van der Waals surface area (Å²) in [5, 5.41) is 0.476. The van der Waals surface area contributed by atoms with Crippen molar-refractivity contribution >= 4 is 17.5 Å². The molecule has 1 aromatic heterocycles. The molecular formula is C13H19ClN2O. The van der Waals surface area contributed by atoms with E-state index in [0.717, 1.165) is 12.1 Å². The van der Waals surface area contributed by atoms with E-state index in [0.29, 0.717) is 17.1 Å². The summed E-state index contributed by atoms with van der Waals surface area (Å²) in [4.78, 5) is 18.3. The summed E-state index contributed by atoms with van der Waals surface area (Å²) < 4.78 is 0. The first-order valence-corrected chi connectivity index (χ1v) is 6.32. The summed E-state index contributed by atoms with van der Waals surface area (Å²) in [6.45, 7) is 8.61. The minimum absolute atomic E-state index is 0.0423. The first kappa shape index (κ1) is 14.0. The molecule has 1 heterocycles. The van der Waals surface area contributed by atoms with Gasteiger partial charge in [-0.2, -0.15) is 0 Å². The number of carbonyl (C=O) groups excluding carboxylic acids is 1. The molecule has 1 rings (SSSR count). The number of carbonyl (C=O) groups is 1. The standard InChI is InChI=1S/C13H19ClN2O/c1-5-10(4)16(6-2)13(17)11-8-15-9(3)7-12(11)14/h7-8,10H,5-6H2,1-4H3. The summed E-state index contributed by atoms with van der Waals surface area (Å²) in [5.41, 5.74) is 1.30. The van der Waals surface area contributed by atoms with E-state index in [1.165, 1.54) is 0 Å². The lowest BCUT2D eigenvalue weighted by Crippen LogP contribution is -2.38. The zero-order chi connectivity index (χ0) is 13.0. The van der Waals surface area contributed by atoms with E-state index >= 15 is 0 Å². The number of pyridine rings is 1. The van der Waals surface area contributed by atoms with E-state index in [1.54, 1.807) is 12.3 Å². The van der Waals surface area contributed by atoms with Crippen molar-refractivity contribution in [1.29, 1.82) is 0 Å². The molecule has 1 unspecified atom stereocenters. The van der Waals surface area contributed by atoms with Crippen LogP contribution < -0.4 is 0 Å². The van der Waals surface area contributed by atoms with Gasteiger partial charge in [-0.05, 0) is 33.3 Å². The van der Waals surface area contributed by atoms with Gasteiger partial charge in [0.15, 0.2) is 0 Å². The van der Waals surface area contributed by atoms with Crippen LogP contribution in [0.25, 0.3) is 0 Å². The molecule has 0 fully saturated rings. The number of hydrogen-bond acceptors (Lipinski definition) is 2. The Morgan fingerprint density at radius 1 is 1.53 bits per heavy atom. The van der Waals surface area contributed by atoms with Gasteiger partial charge in [0.05, 0.1) is 10.6 Å². The molecule has 0 aliphatic rings. The SMILES string of the molecule is CCC(C)N(CC)C(=O)c1cnc(C)cc1Cl. The summed E-state index contributed by atoms with van der Waals surface area (Å²) >= 11 is 6.09. The molecule has 0 saturated heterocycles. The van der Waals surface area contributed by atoms with Crippen LogP contribution in [0.5, 0.6) is 0 Å². The normalized spacial score (nSPS) is 12.3. The Morgan fingerprint density at radius 2 is 2.18 bits per heavy atom. The molecule has 3 nitrogen and oxygen atoms in total. The zero-order valence-electron chi connectivity index (χ0n) is 10.8. The molecule has 17 heavy (non-hydrogen) atoms. The Morgan fingerprint density at radius 3 is 2.65 bits per heavy atom. The molecule has 0 aliphatic heterocycles. The highest BCUT2D eigenvalue weighted by molar-refractivity contribution is 6.33. The predicted molar refractivity (Wildman–Crippen MR) is 70.4 cm³/mol. The molecular weight excluding hydrogens is 236 g/mol. The topological polar surface area (TPSA) is 33.2 Å². The van der Waals surface area contributed by atoms with Gasteiger partial charge in [-0.15, -0.1) is 0 Å². The molecule has 0 radical (unpaired) electrons. The first-order valence-electron chi connectivity index (χ1n) is 5.94. The highest BCUT2D eigenvalue weighted by Crippen LogP contribution is 2.19. The number of aryl methyl sites for hydroxylation is 1. The molecule has 94 valence electrons. The molecule has 0 aliphatic carbocycles. The van der Waals surface area contributed by atoms with E-state index in [4.69, 9.17) is 11.6 Å². The Bertz CT molecular complexity index is 406. The van der Waals surface area contributed by atoms with Gasteiger partial charge in [0, 0.05) is 24.5 Å². The van der Waals surface area contributed by atoms with Crippen LogP contribution in [0.3, 0.4) is 0 Å². The second-order valence-electron chi connectivity index (χ2n) is 4.15. The van der Waals surface area contributed by atoms with Gasteiger partial charge in [-0.1, -0.05) is 18.5 Å². The zero-order valence-corrected chi connectivity index (χ0v) is 11.6. The minimum Gasteiger partial charge on any atom is -0.336 e. The number of nitrogens with zero attached hydrogens (tertiary/aromatic N) is 2. The Balaban J connectivity index is 3.02. The highest BCUT2D eigenvalue weighted by atomic mass is 35.5. The largest absolute Gasteiger partial charge is 0.336 e. The van der Waals surface area contributed by atoms with Crippen molar-refractivity contribution in [2.24, 2.45) is 0 Å². The van der Waals surface area contributed by atoms with Gasteiger partial charge < -0.3 is 4.90 Å². The van der Waals surface area contributed by atoms with Crippen molar-refractivity contribution in [2.75, 3.05) is 6.54 Å². The average molecular weight is 255 g/mol. The summed E-state index contributed by atoms with van der Waals surface area (Å²) in [7, 11) is 0. The Kier molecular flexibility index (Phi) is 4.94. The number of amides is 1. The monoisotopic (exact) mass is 254 g/mol. The third-order valence-corrected chi connectivity index (χ3v) is 3.26. The summed E-state index contributed by atoms with van der Waals surface area (Å²) in [6, 6.07) is 1.93. The molecule has 1 amide bonds. The number of hydrogen-bond donors (Lipinski definition) is 0. The highest BCUT2D eigenvalue weighted by Gasteiger charge is 2.21. The van der Waals surface area contributed by atoms with Crippen molar-refractivity contribution in [2.45, 2.75) is 40.2 Å². The van der Waals surface area contributed by atoms with Crippen molar-refractivity contribution < 1.29 is 4.79 Å². The lowest BCUT2D eigenvalue weighted by molar-refractivity contribution is 0.0699. The van der Waals surface area contributed by atoms with Crippen molar-refractivity contribution in [3.05, 3.63) is 28.5 Å². The van der Waals surface area contributed by atoms with Crippen LogP contribution in [0.15, 0.2) is 12.3 Å². The maximum atomic E-state index is 12.3. The summed E-state index contributed by atoms with van der Waals surface area (Å²) in [5.74, 6) is -0.0423. The predicted octanol–water partition coefficient (Wildman–Crippen LogP) is 3.30. The van der Waals surface area contributed by atoms with Crippen molar-refractivity contribution in [3.8, 4) is 0 Å². The Hall–Kier alpha value is -1.09. The molecule has 0 bridgehead atoms. The van der Waals surface area contributed by atoms with E-state index in [9.17, 15) is 4.79 Å². The lowest BCUT2D eigenvalue weighted by Gasteiger charge is -2.27. The van der Waals surface area contributed by atoms with Crippen LogP contribution in [-0.2, 0) is 0 Å². The number of rotatable bonds is 4. The molecule has 0 aromatic carbocycles. The lowest BCUT2D eigenvalue weighted by atomic mass is 10.1. The fourth-order valence-electron chi connectivity index (χ4n) is 1.71. The van der Waals surface area contributed by atoms with Gasteiger partial charge in [-0.25, -0.2) is 0 Å². The number of aromatic nitrogens is 1.